The Hall–Kier alpha value is -2.03. The molecule has 0 aromatic heterocycles. The van der Waals surface area contributed by atoms with Crippen molar-refractivity contribution >= 4 is 49.7 Å². The molecule has 0 spiro atoms. The summed E-state index contributed by atoms with van der Waals surface area (Å²) in [6, 6.07) is 56.7. The van der Waals surface area contributed by atoms with Gasteiger partial charge in [-0.1, -0.05) is 121 Å². The summed E-state index contributed by atoms with van der Waals surface area (Å²) in [5.41, 5.74) is 0. The molecular formula is C33H32P2PdS. The van der Waals surface area contributed by atoms with Gasteiger partial charge in [-0.2, -0.15) is 42.7 Å². The van der Waals surface area contributed by atoms with Gasteiger partial charge < -0.3 is 12.6 Å². The van der Waals surface area contributed by atoms with Crippen molar-refractivity contribution in [2.24, 2.45) is 0 Å². The second-order valence-corrected chi connectivity index (χ2v) is 12.4. The van der Waals surface area contributed by atoms with Crippen LogP contribution in [0.5, 0.6) is 0 Å². The summed E-state index contributed by atoms with van der Waals surface area (Å²) >= 11 is 4.08. The predicted molar refractivity (Wildman–Crippen MR) is 166 cm³/mol. The topological polar surface area (TPSA) is 0 Å². The molecule has 0 amide bonds. The van der Waals surface area contributed by atoms with Crippen LogP contribution in [0.3, 0.4) is 0 Å². The SMILES string of the molecule is C[S-].[Pd+2].[c-]1ccccc1.c1ccc(P(CCP(c2ccccc2)c2ccccc2)c2ccccc2)cc1. The molecule has 0 fully saturated rings. The van der Waals surface area contributed by atoms with Crippen molar-refractivity contribution in [2.45, 2.75) is 0 Å². The molecule has 0 aliphatic carbocycles. The summed E-state index contributed by atoms with van der Waals surface area (Å²) in [6.07, 6.45) is 4.00. The van der Waals surface area contributed by atoms with Crippen LogP contribution >= 0.6 is 15.8 Å². The summed E-state index contributed by atoms with van der Waals surface area (Å²) in [6.45, 7) is 0. The maximum atomic E-state index is 4.08. The van der Waals surface area contributed by atoms with Gasteiger partial charge in [-0.05, 0) is 49.4 Å². The van der Waals surface area contributed by atoms with Gasteiger partial charge in [-0.3, -0.25) is 0 Å². The normalized spacial score (nSPS) is 9.84. The van der Waals surface area contributed by atoms with E-state index < -0.39 is 0 Å². The zero-order valence-electron chi connectivity index (χ0n) is 21.0. The van der Waals surface area contributed by atoms with E-state index >= 15 is 0 Å². The average molecular weight is 629 g/mol. The maximum absolute atomic E-state index is 4.08. The Balaban J connectivity index is 0.000000464. The molecule has 0 unspecified atom stereocenters. The fourth-order valence-corrected chi connectivity index (χ4v) is 9.15. The van der Waals surface area contributed by atoms with Crippen LogP contribution in [-0.4, -0.2) is 18.6 Å². The summed E-state index contributed by atoms with van der Waals surface area (Å²) < 4.78 is 0. The van der Waals surface area contributed by atoms with E-state index in [0.29, 0.717) is 0 Å². The van der Waals surface area contributed by atoms with Gasteiger partial charge in [0, 0.05) is 0 Å². The standard InChI is InChI=1S/C26H24P2.C6H5.CH4S.Pd/c1-5-13-23(14-6-1)27(24-15-7-2-8-16-24)21-22-28(25-17-9-3-10-18-25)26-19-11-4-12-20-26;1-2-4-6-5-3-1;1-2;/h1-20H,21-22H2;1-5H;2H,1H3;/q;-1;;+2/p-1. The van der Waals surface area contributed by atoms with Crippen LogP contribution in [0, 0.1) is 6.07 Å². The van der Waals surface area contributed by atoms with Gasteiger partial charge in [-0.15, -0.1) is 0 Å². The smallest absolute Gasteiger partial charge is 0.796 e. The third-order valence-electron chi connectivity index (χ3n) is 5.43. The molecule has 5 aromatic carbocycles. The van der Waals surface area contributed by atoms with E-state index in [-0.39, 0.29) is 36.3 Å². The Morgan fingerprint density at radius 3 is 0.865 bits per heavy atom. The molecule has 0 aliphatic rings. The molecule has 0 aliphatic heterocycles. The van der Waals surface area contributed by atoms with Crippen molar-refractivity contribution in [3.05, 3.63) is 158 Å². The molecule has 5 rings (SSSR count). The van der Waals surface area contributed by atoms with Crippen LogP contribution in [0.15, 0.2) is 152 Å². The van der Waals surface area contributed by atoms with E-state index in [1.807, 2.05) is 30.3 Å². The van der Waals surface area contributed by atoms with Gasteiger partial charge in [0.05, 0.1) is 0 Å². The molecule has 0 atom stereocenters. The van der Waals surface area contributed by atoms with Crippen molar-refractivity contribution in [3.63, 3.8) is 0 Å². The van der Waals surface area contributed by atoms with Gasteiger partial charge in [0.25, 0.3) is 0 Å². The first-order valence-electron chi connectivity index (χ1n) is 12.0. The molecule has 0 heterocycles. The van der Waals surface area contributed by atoms with E-state index in [1.54, 1.807) is 6.26 Å². The van der Waals surface area contributed by atoms with E-state index in [9.17, 15) is 0 Å². The van der Waals surface area contributed by atoms with Gasteiger partial charge >= 0.3 is 20.4 Å². The predicted octanol–water partition coefficient (Wildman–Crippen LogP) is 6.90. The maximum Gasteiger partial charge on any atom is 2.00 e. The second-order valence-electron chi connectivity index (χ2n) is 7.72. The number of benzene rings is 5. The van der Waals surface area contributed by atoms with E-state index in [4.69, 9.17) is 0 Å². The monoisotopic (exact) mass is 628 g/mol. The number of hydrogen-bond donors (Lipinski definition) is 0. The average Bonchev–Trinajstić information content (AvgIpc) is 2.99. The molecule has 0 saturated heterocycles. The molecule has 0 saturated carbocycles. The zero-order valence-corrected chi connectivity index (χ0v) is 25.1. The Morgan fingerprint density at radius 2 is 0.676 bits per heavy atom. The quantitative estimate of drug-likeness (QED) is 0.0818. The van der Waals surface area contributed by atoms with Crippen molar-refractivity contribution in [2.75, 3.05) is 18.6 Å². The minimum Gasteiger partial charge on any atom is -0.796 e. The van der Waals surface area contributed by atoms with Crippen molar-refractivity contribution < 1.29 is 20.4 Å². The second kappa shape index (κ2) is 19.1. The van der Waals surface area contributed by atoms with Crippen molar-refractivity contribution in [1.82, 2.24) is 0 Å². The molecular weight excluding hydrogens is 597 g/mol. The first kappa shape index (κ1) is 31.2. The zero-order chi connectivity index (χ0) is 25.3. The largest absolute Gasteiger partial charge is 2.00 e. The molecule has 0 radical (unpaired) electrons. The molecule has 4 heteroatoms. The van der Waals surface area contributed by atoms with Gasteiger partial charge in [0.15, 0.2) is 0 Å². The van der Waals surface area contributed by atoms with Crippen LogP contribution in [0.4, 0.5) is 0 Å². The summed E-state index contributed by atoms with van der Waals surface area (Å²) in [5, 5.41) is 5.89. The molecule has 37 heavy (non-hydrogen) atoms. The van der Waals surface area contributed by atoms with Crippen LogP contribution in [0.2, 0.25) is 0 Å². The summed E-state index contributed by atoms with van der Waals surface area (Å²) in [7, 11) is -0.696. The van der Waals surface area contributed by atoms with Crippen LogP contribution in [0.1, 0.15) is 0 Å². The molecule has 0 nitrogen and oxygen atoms in total. The summed E-state index contributed by atoms with van der Waals surface area (Å²) in [5.74, 6) is 0. The fraction of sp³-hybridized carbons (Fsp3) is 0.0909. The Kier molecular flexibility index (Phi) is 16.1. The van der Waals surface area contributed by atoms with Gasteiger partial charge in [-0.25, -0.2) is 0 Å². The minimum absolute atomic E-state index is 0. The van der Waals surface area contributed by atoms with Crippen LogP contribution in [0.25, 0.3) is 0 Å². The fourth-order valence-electron chi connectivity index (χ4n) is 3.79. The van der Waals surface area contributed by atoms with Gasteiger partial charge in [0.1, 0.15) is 0 Å². The number of rotatable bonds is 7. The minimum atomic E-state index is -0.348. The molecule has 0 bridgehead atoms. The van der Waals surface area contributed by atoms with Crippen molar-refractivity contribution in [3.8, 4) is 0 Å². The first-order chi connectivity index (χ1) is 17.9. The molecule has 0 N–H and O–H groups in total. The Bertz CT molecular complexity index is 1000. The van der Waals surface area contributed by atoms with Crippen molar-refractivity contribution in [1.29, 1.82) is 0 Å². The van der Waals surface area contributed by atoms with Crippen LogP contribution in [-0.2, 0) is 33.1 Å². The van der Waals surface area contributed by atoms with E-state index in [2.05, 4.69) is 140 Å². The Morgan fingerprint density at radius 1 is 0.432 bits per heavy atom. The first-order valence-corrected chi connectivity index (χ1v) is 15.9. The van der Waals surface area contributed by atoms with Gasteiger partial charge in [0.2, 0.25) is 0 Å². The third kappa shape index (κ3) is 10.7. The third-order valence-corrected chi connectivity index (χ3v) is 10.8. The van der Waals surface area contributed by atoms with E-state index in [1.165, 1.54) is 33.5 Å². The molecule has 190 valence electrons. The van der Waals surface area contributed by atoms with E-state index in [0.717, 1.165) is 0 Å². The molecule has 5 aromatic rings. The summed E-state index contributed by atoms with van der Waals surface area (Å²) in [4.78, 5) is 0. The number of hydrogen-bond acceptors (Lipinski definition) is 1. The van der Waals surface area contributed by atoms with Crippen LogP contribution < -0.4 is 21.2 Å². The Labute approximate surface area is 245 Å².